The zero-order valence-corrected chi connectivity index (χ0v) is 17.5. The smallest absolute Gasteiger partial charge is 0.142 e. The summed E-state index contributed by atoms with van der Waals surface area (Å²) in [6, 6.07) is 0. The summed E-state index contributed by atoms with van der Waals surface area (Å²) < 4.78 is 0. The molecule has 4 heteroatoms. The first-order valence-electron chi connectivity index (χ1n) is 11.4. The maximum Gasteiger partial charge on any atom is 0.142 e. The SMILES string of the molecule is C[C@]12CC[C@@H](C=CCCN)CC1[C@@H](CO)C(=O)[C@@H]1[C@@H]2CC[C@]2(C)C(=O)CC[C@@H]12. The van der Waals surface area contributed by atoms with Crippen LogP contribution in [0, 0.1) is 46.3 Å². The minimum absolute atomic E-state index is 0.0204. The summed E-state index contributed by atoms with van der Waals surface area (Å²) in [6.07, 6.45) is 12.1. The molecule has 0 aromatic rings. The van der Waals surface area contributed by atoms with Crippen molar-refractivity contribution in [3.8, 4) is 0 Å². The number of rotatable bonds is 4. The van der Waals surface area contributed by atoms with Crippen LogP contribution < -0.4 is 5.73 Å². The van der Waals surface area contributed by atoms with Crippen LogP contribution in [0.3, 0.4) is 0 Å². The van der Waals surface area contributed by atoms with Gasteiger partial charge in [0.05, 0.1) is 6.61 Å². The van der Waals surface area contributed by atoms with Crippen molar-refractivity contribution in [1.82, 2.24) is 0 Å². The van der Waals surface area contributed by atoms with Gasteiger partial charge in [-0.2, -0.15) is 0 Å². The van der Waals surface area contributed by atoms with E-state index in [4.69, 9.17) is 5.73 Å². The molecule has 4 nitrogen and oxygen atoms in total. The third kappa shape index (κ3) is 2.86. The second-order valence-electron chi connectivity index (χ2n) is 10.5. The number of hydrogen-bond donors (Lipinski definition) is 2. The molecule has 28 heavy (non-hydrogen) atoms. The van der Waals surface area contributed by atoms with Crippen LogP contribution >= 0.6 is 0 Å². The van der Waals surface area contributed by atoms with E-state index in [1.165, 1.54) is 0 Å². The molecule has 1 unspecified atom stereocenters. The lowest BCUT2D eigenvalue weighted by molar-refractivity contribution is -0.171. The average Bonchev–Trinajstić information content (AvgIpc) is 2.98. The van der Waals surface area contributed by atoms with Gasteiger partial charge in [0.1, 0.15) is 11.6 Å². The van der Waals surface area contributed by atoms with Crippen LogP contribution in [-0.4, -0.2) is 29.8 Å². The Hall–Kier alpha value is -1.00. The maximum absolute atomic E-state index is 13.6. The Kier molecular flexibility index (Phi) is 5.33. The Morgan fingerprint density at radius 3 is 2.61 bits per heavy atom. The lowest BCUT2D eigenvalue weighted by atomic mass is 9.42. The van der Waals surface area contributed by atoms with Crippen LogP contribution in [0.2, 0.25) is 0 Å². The predicted molar refractivity (Wildman–Crippen MR) is 109 cm³/mol. The van der Waals surface area contributed by atoms with Crippen molar-refractivity contribution in [2.45, 2.75) is 65.2 Å². The second-order valence-corrected chi connectivity index (χ2v) is 10.5. The van der Waals surface area contributed by atoms with E-state index in [0.29, 0.717) is 30.6 Å². The second kappa shape index (κ2) is 7.36. The van der Waals surface area contributed by atoms with E-state index in [2.05, 4.69) is 26.0 Å². The number of allylic oxidation sites excluding steroid dienone is 1. The van der Waals surface area contributed by atoms with Gasteiger partial charge in [-0.25, -0.2) is 0 Å². The molecule has 4 rings (SSSR count). The quantitative estimate of drug-likeness (QED) is 0.723. The fourth-order valence-corrected chi connectivity index (χ4v) is 7.75. The number of ketones is 2. The molecule has 0 aromatic heterocycles. The molecule has 0 amide bonds. The van der Waals surface area contributed by atoms with Gasteiger partial charge in [-0.1, -0.05) is 26.0 Å². The van der Waals surface area contributed by atoms with Crippen molar-refractivity contribution >= 4 is 11.6 Å². The Bertz CT molecular complexity index is 673. The van der Waals surface area contributed by atoms with Crippen molar-refractivity contribution in [3.63, 3.8) is 0 Å². The van der Waals surface area contributed by atoms with Gasteiger partial charge in [-0.05, 0) is 80.6 Å². The first-order valence-corrected chi connectivity index (χ1v) is 11.4. The van der Waals surface area contributed by atoms with Crippen LogP contribution in [0.5, 0.6) is 0 Å². The summed E-state index contributed by atoms with van der Waals surface area (Å²) >= 11 is 0. The van der Waals surface area contributed by atoms with Crippen molar-refractivity contribution in [1.29, 1.82) is 0 Å². The van der Waals surface area contributed by atoms with Gasteiger partial charge in [0, 0.05) is 23.7 Å². The van der Waals surface area contributed by atoms with Crippen LogP contribution in [0.25, 0.3) is 0 Å². The minimum atomic E-state index is -0.303. The van der Waals surface area contributed by atoms with Gasteiger partial charge in [-0.15, -0.1) is 0 Å². The summed E-state index contributed by atoms with van der Waals surface area (Å²) in [7, 11) is 0. The molecule has 0 aliphatic heterocycles. The number of fused-ring (bicyclic) bond motifs is 5. The van der Waals surface area contributed by atoms with E-state index in [1.54, 1.807) is 0 Å². The van der Waals surface area contributed by atoms with Crippen molar-refractivity contribution in [3.05, 3.63) is 12.2 Å². The molecule has 4 aliphatic carbocycles. The molecule has 156 valence electrons. The normalized spacial score (nSPS) is 48.4. The van der Waals surface area contributed by atoms with Gasteiger partial charge >= 0.3 is 0 Å². The zero-order chi connectivity index (χ0) is 20.1. The highest BCUT2D eigenvalue weighted by Crippen LogP contribution is 2.66. The van der Waals surface area contributed by atoms with E-state index in [1.807, 2.05) is 0 Å². The number of aliphatic hydroxyl groups is 1. The van der Waals surface area contributed by atoms with Crippen LogP contribution in [0.1, 0.15) is 65.2 Å². The molecule has 4 fully saturated rings. The standard InChI is InChI=1S/C24H37NO3/c1-23-10-8-15(5-3-4-12-25)13-19(23)16(14-26)22(28)21-17-6-7-20(27)24(17,2)11-9-18(21)23/h3,5,15-19,21,26H,4,6-14,25H2,1-2H3/t15-,16-,17+,18+,19?,21+,23-,24+/m1/s1. The molecule has 0 saturated heterocycles. The van der Waals surface area contributed by atoms with E-state index in [0.717, 1.165) is 44.9 Å². The van der Waals surface area contributed by atoms with Crippen molar-refractivity contribution < 1.29 is 14.7 Å². The third-order valence-electron chi connectivity index (χ3n) is 9.40. The summed E-state index contributed by atoms with van der Waals surface area (Å²) in [4.78, 5) is 26.3. The van der Waals surface area contributed by atoms with Crippen LogP contribution in [0.15, 0.2) is 12.2 Å². The molecule has 0 aromatic carbocycles. The first kappa shape index (κ1) is 20.3. The highest BCUT2D eigenvalue weighted by atomic mass is 16.3. The summed E-state index contributed by atoms with van der Waals surface area (Å²) in [6.45, 7) is 5.13. The molecule has 0 radical (unpaired) electrons. The molecule has 4 aliphatic rings. The lowest BCUT2D eigenvalue weighted by Gasteiger charge is -2.61. The van der Waals surface area contributed by atoms with E-state index in [9.17, 15) is 14.7 Å². The van der Waals surface area contributed by atoms with Crippen LogP contribution in [0.4, 0.5) is 0 Å². The number of hydrogen-bond acceptors (Lipinski definition) is 4. The van der Waals surface area contributed by atoms with E-state index in [-0.39, 0.29) is 46.9 Å². The zero-order valence-electron chi connectivity index (χ0n) is 17.5. The summed E-state index contributed by atoms with van der Waals surface area (Å²) in [5, 5.41) is 10.2. The van der Waals surface area contributed by atoms with Gasteiger partial charge in [0.25, 0.3) is 0 Å². The van der Waals surface area contributed by atoms with E-state index >= 15 is 0 Å². The fourth-order valence-electron chi connectivity index (χ4n) is 7.75. The summed E-state index contributed by atoms with van der Waals surface area (Å²) in [5.41, 5.74) is 5.42. The fraction of sp³-hybridized carbons (Fsp3) is 0.833. The predicted octanol–water partition coefficient (Wildman–Crippen LogP) is 3.52. The van der Waals surface area contributed by atoms with Gasteiger partial charge in [0.2, 0.25) is 0 Å². The Balaban J connectivity index is 1.64. The number of Topliss-reactive ketones (excluding diaryl/α,β-unsaturated/α-hetero) is 2. The maximum atomic E-state index is 13.6. The summed E-state index contributed by atoms with van der Waals surface area (Å²) in [5.74, 6) is 1.69. The average molecular weight is 388 g/mol. The first-order chi connectivity index (χ1) is 13.4. The van der Waals surface area contributed by atoms with Crippen LogP contribution in [-0.2, 0) is 9.59 Å². The monoisotopic (exact) mass is 387 g/mol. The van der Waals surface area contributed by atoms with Gasteiger partial charge in [0.15, 0.2) is 0 Å². The topological polar surface area (TPSA) is 80.4 Å². The van der Waals surface area contributed by atoms with Gasteiger partial charge < -0.3 is 10.8 Å². The minimum Gasteiger partial charge on any atom is -0.396 e. The number of nitrogens with two attached hydrogens (primary N) is 1. The lowest BCUT2D eigenvalue weighted by Crippen LogP contribution is -2.60. The largest absolute Gasteiger partial charge is 0.396 e. The molecule has 4 saturated carbocycles. The highest BCUT2D eigenvalue weighted by Gasteiger charge is 2.64. The Morgan fingerprint density at radius 2 is 1.89 bits per heavy atom. The molecular formula is C24H37NO3. The number of carbonyl (C=O) groups excluding carboxylic acids is 2. The molecular weight excluding hydrogens is 350 g/mol. The molecule has 0 bridgehead atoms. The van der Waals surface area contributed by atoms with Crippen molar-refractivity contribution in [2.75, 3.05) is 13.2 Å². The van der Waals surface area contributed by atoms with Gasteiger partial charge in [-0.3, -0.25) is 9.59 Å². The molecule has 8 atom stereocenters. The third-order valence-corrected chi connectivity index (χ3v) is 9.40. The Labute approximate surface area is 169 Å². The van der Waals surface area contributed by atoms with Crippen molar-refractivity contribution in [2.24, 2.45) is 52.1 Å². The molecule has 0 spiro atoms. The highest BCUT2D eigenvalue weighted by molar-refractivity contribution is 5.91. The number of aliphatic hydroxyl groups excluding tert-OH is 1. The molecule has 0 heterocycles. The number of carbonyl (C=O) groups is 2. The van der Waals surface area contributed by atoms with E-state index < -0.39 is 0 Å². The Morgan fingerprint density at radius 1 is 1.11 bits per heavy atom. The molecule has 3 N–H and O–H groups in total.